The molecule has 39 heavy (non-hydrogen) atoms. The standard InChI is InChI=1S/C27H20Cl2N8O2/c1-14-21-22(17-10-31-36(2)11-17)23-25-32-24(35-37(25)13-30-26(23)39-27(21)34-33-14)16-5-3-4-15(8-16)12-38-20-9-18(28)6-7-19(20)29/h3-11,13,22H,12H2,1-2H3,(H,33,34). The molecule has 1 aliphatic heterocycles. The predicted molar refractivity (Wildman–Crippen MR) is 145 cm³/mol. The minimum absolute atomic E-state index is 0.230. The lowest BCUT2D eigenvalue weighted by atomic mass is 9.86. The SMILES string of the molecule is Cc1[nH]nc2c1C(c1cnn(C)c1)c1c(ncn3nc(-c4cccc(COc5cc(Cl)ccc5Cl)c4)nc13)O2. The molecular weight excluding hydrogens is 539 g/mol. The average molecular weight is 559 g/mol. The zero-order chi connectivity index (χ0) is 26.7. The Morgan fingerprint density at radius 2 is 2.00 bits per heavy atom. The summed E-state index contributed by atoms with van der Waals surface area (Å²) in [5.41, 5.74) is 6.01. The summed E-state index contributed by atoms with van der Waals surface area (Å²) in [7, 11) is 1.89. The van der Waals surface area contributed by atoms with Gasteiger partial charge in [0.1, 0.15) is 18.7 Å². The van der Waals surface area contributed by atoms with Crippen LogP contribution in [0.3, 0.4) is 0 Å². The van der Waals surface area contributed by atoms with Crippen LogP contribution in [0.15, 0.2) is 61.2 Å². The molecule has 1 unspecified atom stereocenters. The van der Waals surface area contributed by atoms with Gasteiger partial charge in [-0.25, -0.2) is 14.5 Å². The van der Waals surface area contributed by atoms with Crippen LogP contribution in [0.25, 0.3) is 17.0 Å². The number of aromatic amines is 1. The number of aryl methyl sites for hydroxylation is 2. The van der Waals surface area contributed by atoms with Gasteiger partial charge in [-0.05, 0) is 30.7 Å². The fourth-order valence-corrected chi connectivity index (χ4v) is 5.19. The second-order valence-corrected chi connectivity index (χ2v) is 10.1. The monoisotopic (exact) mass is 558 g/mol. The van der Waals surface area contributed by atoms with Gasteiger partial charge in [0.2, 0.25) is 11.8 Å². The minimum atomic E-state index is -0.230. The van der Waals surface area contributed by atoms with E-state index in [9.17, 15) is 0 Å². The van der Waals surface area contributed by atoms with Crippen molar-refractivity contribution in [3.8, 4) is 28.9 Å². The lowest BCUT2D eigenvalue weighted by Gasteiger charge is -2.24. The van der Waals surface area contributed by atoms with Crippen LogP contribution in [0.2, 0.25) is 10.0 Å². The average Bonchev–Trinajstić information content (AvgIpc) is 3.66. The third-order valence-corrected chi connectivity index (χ3v) is 7.20. The summed E-state index contributed by atoms with van der Waals surface area (Å²) < 4.78 is 15.5. The van der Waals surface area contributed by atoms with Gasteiger partial charge in [0.05, 0.1) is 22.7 Å². The molecule has 0 saturated carbocycles. The van der Waals surface area contributed by atoms with E-state index in [0.717, 1.165) is 33.5 Å². The largest absolute Gasteiger partial charge is 0.487 e. The maximum absolute atomic E-state index is 6.25. The van der Waals surface area contributed by atoms with E-state index in [1.165, 1.54) is 0 Å². The zero-order valence-electron chi connectivity index (χ0n) is 20.8. The molecule has 1 aliphatic rings. The fourth-order valence-electron chi connectivity index (χ4n) is 4.86. The van der Waals surface area contributed by atoms with Crippen LogP contribution >= 0.6 is 23.2 Å². The summed E-state index contributed by atoms with van der Waals surface area (Å²) in [5, 5.41) is 17.6. The molecule has 194 valence electrons. The summed E-state index contributed by atoms with van der Waals surface area (Å²) in [5.74, 6) is 1.78. The van der Waals surface area contributed by atoms with Crippen LogP contribution in [0.1, 0.15) is 33.9 Å². The maximum Gasteiger partial charge on any atom is 0.244 e. The van der Waals surface area contributed by atoms with Crippen molar-refractivity contribution in [2.24, 2.45) is 7.05 Å². The molecule has 4 aromatic heterocycles. The Morgan fingerprint density at radius 1 is 1.10 bits per heavy atom. The number of rotatable bonds is 5. The van der Waals surface area contributed by atoms with E-state index >= 15 is 0 Å². The predicted octanol–water partition coefficient (Wildman–Crippen LogP) is 5.73. The molecule has 12 heteroatoms. The molecule has 0 fully saturated rings. The third-order valence-electron chi connectivity index (χ3n) is 6.65. The number of benzene rings is 2. The number of nitrogens with one attached hydrogen (secondary N) is 1. The summed E-state index contributed by atoms with van der Waals surface area (Å²) in [6.07, 6.45) is 5.42. The summed E-state index contributed by atoms with van der Waals surface area (Å²) in [4.78, 5) is 9.50. The highest BCUT2D eigenvalue weighted by molar-refractivity contribution is 6.34. The normalized spacial score (nSPS) is 14.2. The van der Waals surface area contributed by atoms with Crippen molar-refractivity contribution in [2.75, 3.05) is 0 Å². The first kappa shape index (κ1) is 23.7. The van der Waals surface area contributed by atoms with Gasteiger partial charge in [-0.3, -0.25) is 9.78 Å². The van der Waals surface area contributed by atoms with Crippen LogP contribution in [0.5, 0.6) is 17.5 Å². The number of hydrogen-bond acceptors (Lipinski definition) is 7. The van der Waals surface area contributed by atoms with Crippen LogP contribution in [-0.4, -0.2) is 39.6 Å². The van der Waals surface area contributed by atoms with Crippen LogP contribution in [-0.2, 0) is 13.7 Å². The first-order valence-corrected chi connectivity index (χ1v) is 12.8. The molecule has 0 saturated heterocycles. The fraction of sp³-hybridized carbons (Fsp3) is 0.148. The Labute approximate surface area is 232 Å². The molecule has 1 N–H and O–H groups in total. The first-order chi connectivity index (χ1) is 18.9. The second kappa shape index (κ2) is 9.11. The van der Waals surface area contributed by atoms with Gasteiger partial charge >= 0.3 is 0 Å². The van der Waals surface area contributed by atoms with E-state index in [4.69, 9.17) is 42.8 Å². The number of hydrogen-bond donors (Lipinski definition) is 1. The Kier molecular flexibility index (Phi) is 5.53. The van der Waals surface area contributed by atoms with Crippen molar-refractivity contribution in [1.82, 2.24) is 39.6 Å². The lowest BCUT2D eigenvalue weighted by molar-refractivity contribution is 0.306. The van der Waals surface area contributed by atoms with Gasteiger partial charge in [0, 0.05) is 46.7 Å². The maximum atomic E-state index is 6.25. The summed E-state index contributed by atoms with van der Waals surface area (Å²) in [6, 6.07) is 13.0. The Bertz CT molecular complexity index is 1880. The summed E-state index contributed by atoms with van der Waals surface area (Å²) >= 11 is 12.3. The van der Waals surface area contributed by atoms with E-state index in [2.05, 4.69) is 20.3 Å². The zero-order valence-corrected chi connectivity index (χ0v) is 22.3. The van der Waals surface area contributed by atoms with E-state index in [-0.39, 0.29) is 5.92 Å². The molecule has 2 aromatic carbocycles. The first-order valence-electron chi connectivity index (χ1n) is 12.1. The van der Waals surface area contributed by atoms with Crippen molar-refractivity contribution >= 4 is 28.8 Å². The molecular formula is C27H20Cl2N8O2. The topological polar surface area (TPSA) is 108 Å². The van der Waals surface area contributed by atoms with Gasteiger partial charge in [-0.2, -0.15) is 5.10 Å². The van der Waals surface area contributed by atoms with E-state index in [0.29, 0.717) is 45.6 Å². The van der Waals surface area contributed by atoms with Gasteiger partial charge in [0.15, 0.2) is 11.5 Å². The van der Waals surface area contributed by atoms with Crippen molar-refractivity contribution in [3.63, 3.8) is 0 Å². The smallest absolute Gasteiger partial charge is 0.244 e. The Balaban J connectivity index is 1.28. The van der Waals surface area contributed by atoms with Crippen molar-refractivity contribution in [3.05, 3.63) is 99.2 Å². The van der Waals surface area contributed by atoms with E-state index < -0.39 is 0 Å². The molecule has 0 aliphatic carbocycles. The second-order valence-electron chi connectivity index (χ2n) is 9.28. The van der Waals surface area contributed by atoms with Crippen molar-refractivity contribution in [1.29, 1.82) is 0 Å². The third kappa shape index (κ3) is 4.08. The van der Waals surface area contributed by atoms with Gasteiger partial charge in [0.25, 0.3) is 0 Å². The number of aromatic nitrogens is 8. The molecule has 10 nitrogen and oxygen atoms in total. The van der Waals surface area contributed by atoms with Crippen LogP contribution in [0, 0.1) is 6.92 Å². The number of halogens is 2. The highest BCUT2D eigenvalue weighted by atomic mass is 35.5. The summed E-state index contributed by atoms with van der Waals surface area (Å²) in [6.45, 7) is 2.27. The lowest BCUT2D eigenvalue weighted by Crippen LogP contribution is -2.14. The van der Waals surface area contributed by atoms with Gasteiger partial charge in [-0.1, -0.05) is 41.4 Å². The van der Waals surface area contributed by atoms with E-state index in [1.54, 1.807) is 33.7 Å². The van der Waals surface area contributed by atoms with Gasteiger partial charge in [-0.15, -0.1) is 10.2 Å². The molecule has 0 bridgehead atoms. The molecule has 0 spiro atoms. The van der Waals surface area contributed by atoms with E-state index in [1.807, 2.05) is 50.6 Å². The number of nitrogens with zero attached hydrogens (tertiary/aromatic N) is 7. The van der Waals surface area contributed by atoms with Gasteiger partial charge < -0.3 is 9.47 Å². The molecule has 7 rings (SSSR count). The molecule has 5 heterocycles. The molecule has 1 atom stereocenters. The molecule has 6 aromatic rings. The number of H-pyrrole nitrogens is 1. The highest BCUT2D eigenvalue weighted by Crippen LogP contribution is 2.48. The molecule has 0 amide bonds. The quantitative estimate of drug-likeness (QED) is 0.287. The van der Waals surface area contributed by atoms with Crippen LogP contribution < -0.4 is 9.47 Å². The number of ether oxygens (including phenoxy) is 2. The van der Waals surface area contributed by atoms with Crippen molar-refractivity contribution < 1.29 is 9.47 Å². The number of fused-ring (bicyclic) bond motifs is 4. The Hall–Kier alpha value is -4.41. The minimum Gasteiger partial charge on any atom is -0.487 e. The van der Waals surface area contributed by atoms with Crippen LogP contribution in [0.4, 0.5) is 0 Å². The molecule has 0 radical (unpaired) electrons. The Morgan fingerprint density at radius 3 is 2.85 bits per heavy atom. The van der Waals surface area contributed by atoms with Crippen molar-refractivity contribution in [2.45, 2.75) is 19.4 Å². The highest BCUT2D eigenvalue weighted by Gasteiger charge is 2.37.